The van der Waals surface area contributed by atoms with Crippen molar-refractivity contribution in [3.05, 3.63) is 0 Å². The van der Waals surface area contributed by atoms with Gasteiger partial charge in [-0.2, -0.15) is 4.67 Å². The Labute approximate surface area is 79.8 Å². The molecule has 0 N–H and O–H groups in total. The Morgan fingerprint density at radius 1 is 1.15 bits per heavy atom. The van der Waals surface area contributed by atoms with Crippen LogP contribution in [0.2, 0.25) is 0 Å². The average molecular weight is 207 g/mol. The van der Waals surface area contributed by atoms with Crippen molar-refractivity contribution in [2.75, 3.05) is 13.2 Å². The van der Waals surface area contributed by atoms with Crippen LogP contribution in [0.1, 0.15) is 27.7 Å². The number of hydrogen-bond donors (Lipinski definition) is 0. The molecule has 0 bridgehead atoms. The fraction of sp³-hybridized carbons (Fsp3) is 1.00. The Morgan fingerprint density at radius 2 is 1.54 bits per heavy atom. The molecule has 1 aliphatic heterocycles. The van der Waals surface area contributed by atoms with E-state index in [4.69, 9.17) is 9.05 Å². The minimum atomic E-state index is -2.96. The molecular weight excluding hydrogens is 189 g/mol. The maximum Gasteiger partial charge on any atom is 0.408 e. The molecule has 3 atom stereocenters. The fourth-order valence-corrected chi connectivity index (χ4v) is 3.64. The van der Waals surface area contributed by atoms with Crippen LogP contribution in [0.15, 0.2) is 0 Å². The smallest absolute Gasteiger partial charge is 0.297 e. The lowest BCUT2D eigenvalue weighted by Crippen LogP contribution is -2.06. The van der Waals surface area contributed by atoms with E-state index in [0.717, 1.165) is 0 Å². The molecule has 0 radical (unpaired) electrons. The first-order chi connectivity index (χ1) is 6.06. The van der Waals surface area contributed by atoms with E-state index in [0.29, 0.717) is 25.3 Å². The van der Waals surface area contributed by atoms with Crippen molar-refractivity contribution in [1.29, 1.82) is 0 Å². The highest BCUT2D eigenvalue weighted by molar-refractivity contribution is 7.51. The Kier molecular flexibility index (Phi) is 3.52. The molecule has 0 aromatic heterocycles. The molecule has 0 aromatic carbocycles. The first-order valence-corrected chi connectivity index (χ1v) is 6.24. The average Bonchev–Trinajstić information content (AvgIpc) is 2.61. The van der Waals surface area contributed by atoms with Crippen LogP contribution in [-0.4, -0.2) is 30.0 Å². The maximum absolute atomic E-state index is 12.1. The van der Waals surface area contributed by atoms with Gasteiger partial charge in [-0.3, -0.25) is 9.05 Å². The van der Waals surface area contributed by atoms with Crippen molar-refractivity contribution >= 4 is 7.75 Å². The quantitative estimate of drug-likeness (QED) is 0.512. The molecule has 0 amide bonds. The third-order valence-corrected chi connectivity index (χ3v) is 4.77. The second kappa shape index (κ2) is 4.09. The van der Waals surface area contributed by atoms with Crippen molar-refractivity contribution in [2.45, 2.75) is 39.8 Å². The largest absolute Gasteiger partial charge is 0.408 e. The predicted molar refractivity (Wildman–Crippen MR) is 51.6 cm³/mol. The Morgan fingerprint density at radius 3 is 1.77 bits per heavy atom. The molecule has 78 valence electrons. The number of hydrogen-bond acceptors (Lipinski definition) is 3. The van der Waals surface area contributed by atoms with Gasteiger partial charge in [-0.05, 0) is 27.7 Å². The molecule has 4 nitrogen and oxygen atoms in total. The first-order valence-electron chi connectivity index (χ1n) is 4.74. The van der Waals surface area contributed by atoms with E-state index in [2.05, 4.69) is 0 Å². The SMILES string of the molecule is CCOP(=O)(OCC)N1[C@H](C)[C@@H]1C. The van der Waals surface area contributed by atoms with Gasteiger partial charge in [-0.15, -0.1) is 0 Å². The van der Waals surface area contributed by atoms with Gasteiger partial charge in [0.1, 0.15) is 0 Å². The highest BCUT2D eigenvalue weighted by atomic mass is 31.2. The molecule has 1 rings (SSSR count). The van der Waals surface area contributed by atoms with E-state index < -0.39 is 7.75 Å². The molecule has 5 heteroatoms. The predicted octanol–water partition coefficient (Wildman–Crippen LogP) is 2.26. The molecule has 0 saturated carbocycles. The van der Waals surface area contributed by atoms with Gasteiger partial charge in [0.25, 0.3) is 0 Å². The summed E-state index contributed by atoms with van der Waals surface area (Å²) in [6, 6.07) is 0.618. The minimum absolute atomic E-state index is 0.309. The van der Waals surface area contributed by atoms with E-state index in [1.54, 1.807) is 4.67 Å². The number of nitrogens with zero attached hydrogens (tertiary/aromatic N) is 1. The summed E-state index contributed by atoms with van der Waals surface area (Å²) in [5, 5.41) is 0. The number of rotatable bonds is 5. The van der Waals surface area contributed by atoms with E-state index >= 15 is 0 Å². The third kappa shape index (κ3) is 2.13. The van der Waals surface area contributed by atoms with Gasteiger partial charge in [0, 0.05) is 12.1 Å². The first kappa shape index (κ1) is 11.2. The Bertz CT molecular complexity index is 203. The molecule has 0 spiro atoms. The van der Waals surface area contributed by atoms with Gasteiger partial charge in [0.15, 0.2) is 0 Å². The van der Waals surface area contributed by atoms with Crippen molar-refractivity contribution < 1.29 is 13.6 Å². The summed E-state index contributed by atoms with van der Waals surface area (Å²) in [6.07, 6.45) is 0. The van der Waals surface area contributed by atoms with Crippen LogP contribution in [0.5, 0.6) is 0 Å². The van der Waals surface area contributed by atoms with Crippen molar-refractivity contribution in [2.24, 2.45) is 0 Å². The fourth-order valence-electron chi connectivity index (χ4n) is 1.43. The second-order valence-corrected chi connectivity index (χ2v) is 5.08. The zero-order chi connectivity index (χ0) is 10.1. The second-order valence-electron chi connectivity index (χ2n) is 3.17. The molecule has 1 unspecified atom stereocenters. The lowest BCUT2D eigenvalue weighted by molar-refractivity contribution is 0.193. The van der Waals surface area contributed by atoms with Crippen LogP contribution in [0, 0.1) is 0 Å². The molecule has 1 heterocycles. The molecule has 1 saturated heterocycles. The molecule has 0 aromatic rings. The van der Waals surface area contributed by atoms with Gasteiger partial charge in [-0.25, -0.2) is 4.57 Å². The van der Waals surface area contributed by atoms with Crippen molar-refractivity contribution in [3.63, 3.8) is 0 Å². The summed E-state index contributed by atoms with van der Waals surface area (Å²) in [6.45, 7) is 8.54. The topological polar surface area (TPSA) is 38.5 Å². The van der Waals surface area contributed by atoms with Gasteiger partial charge in [0.05, 0.1) is 13.2 Å². The van der Waals surface area contributed by atoms with Crippen molar-refractivity contribution in [3.8, 4) is 0 Å². The van der Waals surface area contributed by atoms with Gasteiger partial charge in [0.2, 0.25) is 0 Å². The lowest BCUT2D eigenvalue weighted by Gasteiger charge is -2.17. The summed E-state index contributed by atoms with van der Waals surface area (Å²) in [5.74, 6) is 0. The van der Waals surface area contributed by atoms with E-state index in [1.165, 1.54) is 0 Å². The summed E-state index contributed by atoms with van der Waals surface area (Å²) < 4.78 is 24.3. The Hall–Kier alpha value is 0.110. The van der Waals surface area contributed by atoms with Crippen LogP contribution < -0.4 is 0 Å². The standard InChI is InChI=1S/C8H18NO3P/c1-5-11-13(10,12-6-2)9-7(3)8(9)4/h7-8H,5-6H2,1-4H3/t7-,8+,9?. The van der Waals surface area contributed by atoms with E-state index in [-0.39, 0.29) is 0 Å². The van der Waals surface area contributed by atoms with Crippen LogP contribution in [0.4, 0.5) is 0 Å². The molecule has 1 aliphatic rings. The minimum Gasteiger partial charge on any atom is -0.297 e. The van der Waals surface area contributed by atoms with Gasteiger partial charge < -0.3 is 0 Å². The van der Waals surface area contributed by atoms with Crippen LogP contribution in [0.3, 0.4) is 0 Å². The normalized spacial score (nSPS) is 33.4. The third-order valence-electron chi connectivity index (χ3n) is 2.31. The lowest BCUT2D eigenvalue weighted by atomic mass is 10.4. The van der Waals surface area contributed by atoms with Crippen LogP contribution in [-0.2, 0) is 13.6 Å². The maximum atomic E-state index is 12.1. The molecule has 0 aliphatic carbocycles. The summed E-state index contributed by atoms with van der Waals surface area (Å²) in [7, 11) is -2.96. The summed E-state index contributed by atoms with van der Waals surface area (Å²) in [5.41, 5.74) is 0. The van der Waals surface area contributed by atoms with E-state index in [9.17, 15) is 4.57 Å². The highest BCUT2D eigenvalue weighted by Gasteiger charge is 2.53. The monoisotopic (exact) mass is 207 g/mol. The Balaban J connectivity index is 2.63. The van der Waals surface area contributed by atoms with E-state index in [1.807, 2.05) is 27.7 Å². The van der Waals surface area contributed by atoms with Gasteiger partial charge in [-0.1, -0.05) is 0 Å². The zero-order valence-electron chi connectivity index (χ0n) is 8.69. The van der Waals surface area contributed by atoms with Crippen molar-refractivity contribution in [1.82, 2.24) is 4.67 Å². The van der Waals surface area contributed by atoms with Gasteiger partial charge >= 0.3 is 7.75 Å². The molecular formula is C8H18NO3P. The van der Waals surface area contributed by atoms with Crippen LogP contribution in [0.25, 0.3) is 0 Å². The van der Waals surface area contributed by atoms with Crippen LogP contribution >= 0.6 is 7.75 Å². The summed E-state index contributed by atoms with van der Waals surface area (Å²) >= 11 is 0. The molecule has 1 fully saturated rings. The zero-order valence-corrected chi connectivity index (χ0v) is 9.58. The molecule has 13 heavy (non-hydrogen) atoms. The highest BCUT2D eigenvalue weighted by Crippen LogP contribution is 2.61. The summed E-state index contributed by atoms with van der Waals surface area (Å²) in [4.78, 5) is 0.